The van der Waals surface area contributed by atoms with Crippen molar-refractivity contribution in [2.24, 2.45) is 5.92 Å². The second-order valence-corrected chi connectivity index (χ2v) is 4.63. The lowest BCUT2D eigenvalue weighted by molar-refractivity contribution is 0.0953. The van der Waals surface area contributed by atoms with Crippen LogP contribution < -0.4 is 11.1 Å². The lowest BCUT2D eigenvalue weighted by Gasteiger charge is -2.06. The monoisotopic (exact) mass is 238 g/mol. The van der Waals surface area contributed by atoms with E-state index in [2.05, 4.69) is 5.32 Å². The Morgan fingerprint density at radius 1 is 1.50 bits per heavy atom. The fourth-order valence-corrected chi connectivity index (χ4v) is 1.81. The molecule has 1 saturated carbocycles. The summed E-state index contributed by atoms with van der Waals surface area (Å²) in [5.74, 6) is 0.676. The highest BCUT2D eigenvalue weighted by atomic mass is 35.5. The molecule has 3 nitrogen and oxygen atoms in total. The summed E-state index contributed by atoms with van der Waals surface area (Å²) >= 11 is 5.93. The van der Waals surface area contributed by atoms with Crippen LogP contribution >= 0.6 is 11.6 Å². The van der Waals surface area contributed by atoms with Crippen molar-refractivity contribution >= 4 is 23.2 Å². The van der Waals surface area contributed by atoms with Gasteiger partial charge in [0.15, 0.2) is 0 Å². The Morgan fingerprint density at radius 3 is 2.94 bits per heavy atom. The summed E-state index contributed by atoms with van der Waals surface area (Å²) in [4.78, 5) is 11.8. The van der Waals surface area contributed by atoms with Gasteiger partial charge in [0.2, 0.25) is 0 Å². The number of nitrogens with one attached hydrogen (secondary N) is 1. The second-order valence-electron chi connectivity index (χ2n) is 4.23. The van der Waals surface area contributed by atoms with E-state index in [1.807, 2.05) is 0 Å². The van der Waals surface area contributed by atoms with E-state index in [-0.39, 0.29) is 5.91 Å². The smallest absolute Gasteiger partial charge is 0.252 e. The molecule has 4 heteroatoms. The first kappa shape index (κ1) is 11.3. The van der Waals surface area contributed by atoms with Crippen LogP contribution in [-0.2, 0) is 0 Å². The number of nitrogens with two attached hydrogens (primary N) is 1. The van der Waals surface area contributed by atoms with E-state index in [9.17, 15) is 4.79 Å². The van der Waals surface area contributed by atoms with Crippen molar-refractivity contribution in [3.63, 3.8) is 0 Å². The Hall–Kier alpha value is -1.22. The number of hydrogen-bond donors (Lipinski definition) is 2. The molecule has 16 heavy (non-hydrogen) atoms. The van der Waals surface area contributed by atoms with Crippen molar-refractivity contribution in [2.75, 3.05) is 12.3 Å². The Labute approximate surface area is 100.0 Å². The number of benzene rings is 1. The number of halogens is 1. The summed E-state index contributed by atoms with van der Waals surface area (Å²) in [5, 5.41) is 3.30. The Balaban J connectivity index is 1.93. The zero-order valence-electron chi connectivity index (χ0n) is 9.00. The Morgan fingerprint density at radius 2 is 2.25 bits per heavy atom. The first-order chi connectivity index (χ1) is 7.66. The van der Waals surface area contributed by atoms with Gasteiger partial charge in [0.25, 0.3) is 5.91 Å². The number of carbonyl (C=O) groups excluding carboxylic acids is 1. The van der Waals surface area contributed by atoms with Gasteiger partial charge in [0.1, 0.15) is 0 Å². The molecule has 0 saturated heterocycles. The molecule has 0 aromatic heterocycles. The minimum atomic E-state index is -0.141. The summed E-state index contributed by atoms with van der Waals surface area (Å²) in [5.41, 5.74) is 6.62. The fraction of sp³-hybridized carbons (Fsp3) is 0.417. The van der Waals surface area contributed by atoms with Gasteiger partial charge < -0.3 is 11.1 Å². The highest BCUT2D eigenvalue weighted by molar-refractivity contribution is 6.34. The molecule has 86 valence electrons. The Bertz CT molecular complexity index is 402. The third kappa shape index (κ3) is 2.89. The number of carbonyl (C=O) groups is 1. The van der Waals surface area contributed by atoms with Crippen molar-refractivity contribution < 1.29 is 4.79 Å². The predicted molar refractivity (Wildman–Crippen MR) is 65.5 cm³/mol. The molecular weight excluding hydrogens is 224 g/mol. The van der Waals surface area contributed by atoms with Crippen molar-refractivity contribution in [1.82, 2.24) is 5.32 Å². The molecule has 0 bridgehead atoms. The summed E-state index contributed by atoms with van der Waals surface area (Å²) in [6.07, 6.45) is 3.66. The van der Waals surface area contributed by atoms with E-state index in [1.54, 1.807) is 18.2 Å². The first-order valence-electron chi connectivity index (χ1n) is 5.50. The lowest BCUT2D eigenvalue weighted by atomic mass is 10.2. The molecule has 3 N–H and O–H groups in total. The van der Waals surface area contributed by atoms with Crippen LogP contribution in [0, 0.1) is 5.92 Å². The first-order valence-corrected chi connectivity index (χ1v) is 5.88. The van der Waals surface area contributed by atoms with E-state index in [4.69, 9.17) is 17.3 Å². The van der Waals surface area contributed by atoms with Crippen LogP contribution in [-0.4, -0.2) is 12.5 Å². The third-order valence-corrected chi connectivity index (χ3v) is 3.10. The summed E-state index contributed by atoms with van der Waals surface area (Å²) in [6.45, 7) is 0.717. The third-order valence-electron chi connectivity index (χ3n) is 2.77. The van der Waals surface area contributed by atoms with E-state index in [1.165, 1.54) is 12.8 Å². The van der Waals surface area contributed by atoms with Gasteiger partial charge in [0, 0.05) is 12.2 Å². The molecule has 1 aromatic rings. The number of rotatable bonds is 4. The highest BCUT2D eigenvalue weighted by Gasteiger charge is 2.20. The summed E-state index contributed by atoms with van der Waals surface area (Å²) < 4.78 is 0. The molecule has 0 radical (unpaired) electrons. The van der Waals surface area contributed by atoms with Crippen molar-refractivity contribution in [3.05, 3.63) is 28.8 Å². The maximum atomic E-state index is 11.8. The molecule has 1 aliphatic rings. The maximum Gasteiger partial charge on any atom is 0.252 e. The van der Waals surface area contributed by atoms with Gasteiger partial charge in [0.05, 0.1) is 10.6 Å². The molecule has 0 atom stereocenters. The van der Waals surface area contributed by atoms with Gasteiger partial charge in [-0.3, -0.25) is 4.79 Å². The zero-order valence-corrected chi connectivity index (χ0v) is 9.76. The topological polar surface area (TPSA) is 55.1 Å². The van der Waals surface area contributed by atoms with Crippen LogP contribution in [0.25, 0.3) is 0 Å². The molecule has 1 fully saturated rings. The predicted octanol–water partition coefficient (Wildman–Crippen LogP) is 2.45. The van der Waals surface area contributed by atoms with Gasteiger partial charge in [-0.2, -0.15) is 0 Å². The molecule has 0 unspecified atom stereocenters. The molecule has 0 spiro atoms. The van der Waals surface area contributed by atoms with Crippen LogP contribution in [0.4, 0.5) is 5.69 Å². The summed E-state index contributed by atoms with van der Waals surface area (Å²) in [7, 11) is 0. The van der Waals surface area contributed by atoms with Crippen LogP contribution in [0.1, 0.15) is 29.6 Å². The largest absolute Gasteiger partial charge is 0.399 e. The molecule has 1 amide bonds. The van der Waals surface area contributed by atoms with Gasteiger partial charge in [-0.25, -0.2) is 0 Å². The number of hydrogen-bond acceptors (Lipinski definition) is 2. The van der Waals surface area contributed by atoms with Crippen molar-refractivity contribution in [2.45, 2.75) is 19.3 Å². The number of anilines is 1. The van der Waals surface area contributed by atoms with E-state index < -0.39 is 0 Å². The van der Waals surface area contributed by atoms with E-state index >= 15 is 0 Å². The molecular formula is C12H15ClN2O. The summed E-state index contributed by atoms with van der Waals surface area (Å²) in [6, 6.07) is 4.94. The number of amides is 1. The lowest BCUT2D eigenvalue weighted by Crippen LogP contribution is -2.25. The zero-order chi connectivity index (χ0) is 11.5. The second kappa shape index (κ2) is 4.74. The molecule has 1 aliphatic carbocycles. The van der Waals surface area contributed by atoms with Crippen molar-refractivity contribution in [3.8, 4) is 0 Å². The SMILES string of the molecule is Nc1ccc(Cl)c(C(=O)NCCC2CC2)c1. The quantitative estimate of drug-likeness (QED) is 0.792. The molecule has 1 aromatic carbocycles. The molecule has 0 aliphatic heterocycles. The molecule has 2 rings (SSSR count). The number of nitrogen functional groups attached to an aromatic ring is 1. The van der Waals surface area contributed by atoms with Gasteiger partial charge >= 0.3 is 0 Å². The molecule has 0 heterocycles. The van der Waals surface area contributed by atoms with E-state index in [0.717, 1.165) is 12.3 Å². The van der Waals surface area contributed by atoms with Crippen LogP contribution in [0.5, 0.6) is 0 Å². The normalized spacial score (nSPS) is 14.8. The standard InChI is InChI=1S/C12H15ClN2O/c13-11-4-3-9(14)7-10(11)12(16)15-6-5-8-1-2-8/h3-4,7-8H,1-2,5-6,14H2,(H,15,16). The maximum absolute atomic E-state index is 11.8. The van der Waals surface area contributed by atoms with Gasteiger partial charge in [-0.05, 0) is 30.5 Å². The highest BCUT2D eigenvalue weighted by Crippen LogP contribution is 2.31. The average Bonchev–Trinajstić information content (AvgIpc) is 3.05. The van der Waals surface area contributed by atoms with Crippen molar-refractivity contribution in [1.29, 1.82) is 0 Å². The van der Waals surface area contributed by atoms with Crippen LogP contribution in [0.3, 0.4) is 0 Å². The minimum absolute atomic E-state index is 0.141. The van der Waals surface area contributed by atoms with Gasteiger partial charge in [-0.15, -0.1) is 0 Å². The minimum Gasteiger partial charge on any atom is -0.399 e. The van der Waals surface area contributed by atoms with Crippen LogP contribution in [0.2, 0.25) is 5.02 Å². The van der Waals surface area contributed by atoms with Crippen LogP contribution in [0.15, 0.2) is 18.2 Å². The fourth-order valence-electron chi connectivity index (χ4n) is 1.61. The average molecular weight is 239 g/mol. The van der Waals surface area contributed by atoms with Gasteiger partial charge in [-0.1, -0.05) is 24.4 Å². The Kier molecular flexibility index (Phi) is 3.34. The van der Waals surface area contributed by atoms with E-state index in [0.29, 0.717) is 22.8 Å².